The Kier molecular flexibility index (Phi) is 17.7. The fourth-order valence-corrected chi connectivity index (χ4v) is 23.6. The SMILES string of the molecule is CCOC(=O)CCc1cc2ccoc2c2c1O[C@@H]1O[C@@]3(CSS[C@]4(CC[C@]5(CC[C@H](CNC)C5)[C@H]4CC[C@]4(O)CC[C@@]5(C=CC=C[C@H]5c5ccc6ccccc6c5)C4)[C@H](CC[C@H](C)CCC[C@H]3O)NCCO2)[C@]2(O)C[C@@H]3C=C[C@H](O)[C@@H](CO)[C@H]3[C@@]1(O)[C@H]2O. The van der Waals surface area contributed by atoms with Crippen LogP contribution in [0.4, 0.5) is 0 Å². The highest BCUT2D eigenvalue weighted by Gasteiger charge is 2.78. The third-order valence-corrected chi connectivity index (χ3v) is 27.0. The summed E-state index contributed by atoms with van der Waals surface area (Å²) in [7, 11) is 5.45. The molecule has 6 aliphatic carbocycles. The minimum atomic E-state index is -2.52. The maximum absolute atomic E-state index is 14.0. The Balaban J connectivity index is 0.932. The van der Waals surface area contributed by atoms with Gasteiger partial charge in [0.25, 0.3) is 0 Å². The molecule has 19 atom stereocenters. The summed E-state index contributed by atoms with van der Waals surface area (Å²) < 4.78 is 32.9. The number of esters is 1. The molecule has 0 unspecified atom stereocenters. The van der Waals surface area contributed by atoms with Gasteiger partial charge >= 0.3 is 5.97 Å². The van der Waals surface area contributed by atoms with Crippen LogP contribution in [0.15, 0.2) is 102 Å². The van der Waals surface area contributed by atoms with Crippen LogP contribution in [0.1, 0.15) is 140 Å². The molecule has 5 bridgehead atoms. The zero-order valence-corrected chi connectivity index (χ0v) is 53.2. The van der Waals surface area contributed by atoms with Gasteiger partial charge in [0.2, 0.25) is 12.0 Å². The van der Waals surface area contributed by atoms with Crippen molar-refractivity contribution in [3.63, 3.8) is 0 Å². The number of rotatable bonds is 11. The van der Waals surface area contributed by atoms with Crippen molar-refractivity contribution in [2.75, 3.05) is 45.7 Å². The molecule has 9 N–H and O–H groups in total. The number of aliphatic hydroxyl groups is 7. The number of carbonyl (C=O) groups excluding carboxylic acids is 1. The van der Waals surface area contributed by atoms with E-state index in [2.05, 4.69) is 91.4 Å². The van der Waals surface area contributed by atoms with E-state index in [0.717, 1.165) is 70.8 Å². The first-order valence-corrected chi connectivity index (χ1v) is 35.5. The minimum absolute atomic E-state index is 0.0135. The summed E-state index contributed by atoms with van der Waals surface area (Å²) in [5.41, 5.74) is -5.89. The number of nitrogens with one attached hydrogen (secondary N) is 2. The van der Waals surface area contributed by atoms with Gasteiger partial charge in [0.1, 0.15) is 23.9 Å². The van der Waals surface area contributed by atoms with Gasteiger partial charge in [0.05, 0.1) is 30.7 Å². The number of aliphatic hydroxyl groups excluding tert-OH is 4. The van der Waals surface area contributed by atoms with Gasteiger partial charge in [0.15, 0.2) is 16.9 Å². The van der Waals surface area contributed by atoms with Crippen molar-refractivity contribution in [3.05, 3.63) is 108 Å². The van der Waals surface area contributed by atoms with Gasteiger partial charge in [-0.25, -0.2) is 0 Å². The van der Waals surface area contributed by atoms with Gasteiger partial charge in [-0.05, 0) is 180 Å². The largest absolute Gasteiger partial charge is 0.485 e. The molecular weight excluding hydrogens is 1150 g/mol. The Labute approximate surface area is 526 Å². The number of hydrogen-bond donors (Lipinski definition) is 9. The van der Waals surface area contributed by atoms with Crippen molar-refractivity contribution in [2.24, 2.45) is 46.3 Å². The zero-order chi connectivity index (χ0) is 61.3. The van der Waals surface area contributed by atoms with Crippen LogP contribution in [0.5, 0.6) is 11.5 Å². The van der Waals surface area contributed by atoms with Gasteiger partial charge in [-0.3, -0.25) is 4.79 Å². The number of aryl methyl sites for hydroxylation is 1. The molecule has 0 radical (unpaired) electrons. The van der Waals surface area contributed by atoms with E-state index >= 15 is 0 Å². The molecule has 4 heterocycles. The smallest absolute Gasteiger partial charge is 0.306 e. The van der Waals surface area contributed by atoms with Crippen molar-refractivity contribution < 1.29 is 63.9 Å². The highest BCUT2D eigenvalue weighted by Crippen LogP contribution is 2.70. The Morgan fingerprint density at radius 1 is 0.886 bits per heavy atom. The molecule has 17 heteroatoms. The lowest BCUT2D eigenvalue weighted by molar-refractivity contribution is -0.424. The topological polar surface area (TPSA) is 233 Å². The first kappa shape index (κ1) is 62.8. The standard InChI is InChI=1S/C71H94N2O13S2/c1-4-82-58(77)22-19-49-37-50-25-34-83-60(50)62-61(49)85-64-71(81)59-51(18-20-54(75)52(59)41-74)39-69(80,63(71)78)70(86-64)43-87-88-68(56(73-33-35-84-62)21-15-44(2)10-9-14-57(70)76)32-30-65(27-23-45(38-65)40-72-3)55(68)24-28-67(79)31-29-66(42-67)26-8-7-13-53(66)48-17-16-46-11-5-6-12-47(46)36-48/h5-8,11-13,16-18,20,25-26,34,36-37,44-45,51-57,59,63-64,72-76,78-81H,4,9-10,14-15,19,21-24,27-33,35,38-43H2,1-3H3/t44-,45+,51+,52-,53+,54+,55-,56+,57-,59+,63+,64-,65+,66+,67+,68+,69+,70-,71-/m1/s1. The summed E-state index contributed by atoms with van der Waals surface area (Å²) in [6.45, 7) is 5.19. The average molecular weight is 1250 g/mol. The fraction of sp³-hybridized carbons (Fsp3) is 0.648. The van der Waals surface area contributed by atoms with Gasteiger partial charge in [-0.1, -0.05) is 120 Å². The second-order valence-corrected chi connectivity index (χ2v) is 31.2. The van der Waals surface area contributed by atoms with Crippen molar-refractivity contribution in [2.45, 2.75) is 193 Å². The Bertz CT molecular complexity index is 3270. The molecule has 88 heavy (non-hydrogen) atoms. The van der Waals surface area contributed by atoms with E-state index in [1.54, 1.807) is 36.1 Å². The van der Waals surface area contributed by atoms with Gasteiger partial charge < -0.3 is 69.7 Å². The number of hydrogen-bond acceptors (Lipinski definition) is 17. The van der Waals surface area contributed by atoms with Crippen LogP contribution >= 0.6 is 21.6 Å². The van der Waals surface area contributed by atoms with Crippen LogP contribution in [0.2, 0.25) is 0 Å². The van der Waals surface area contributed by atoms with Crippen LogP contribution in [0.3, 0.4) is 0 Å². The maximum atomic E-state index is 14.0. The molecule has 478 valence electrons. The lowest BCUT2D eigenvalue weighted by Gasteiger charge is -2.67. The van der Waals surface area contributed by atoms with Crippen molar-refractivity contribution >= 4 is 49.3 Å². The molecule has 3 aliphatic heterocycles. The Morgan fingerprint density at radius 2 is 1.74 bits per heavy atom. The van der Waals surface area contributed by atoms with E-state index in [4.69, 9.17) is 23.4 Å². The minimum Gasteiger partial charge on any atom is -0.485 e. The lowest BCUT2D eigenvalue weighted by Crippen LogP contribution is -2.86. The average Bonchev–Trinajstić information content (AvgIpc) is 1.14. The van der Waals surface area contributed by atoms with E-state index < -0.39 is 82.1 Å². The summed E-state index contributed by atoms with van der Waals surface area (Å²) in [6, 6.07) is 19.0. The van der Waals surface area contributed by atoms with Crippen LogP contribution in [-0.2, 0) is 20.7 Å². The van der Waals surface area contributed by atoms with E-state index in [1.807, 2.05) is 22.9 Å². The second-order valence-electron chi connectivity index (χ2n) is 28.5. The number of allylic oxidation sites excluding steroid dienone is 5. The summed E-state index contributed by atoms with van der Waals surface area (Å²) in [5, 5.41) is 101. The summed E-state index contributed by atoms with van der Waals surface area (Å²) in [6.07, 6.45) is 19.7. The van der Waals surface area contributed by atoms with Crippen LogP contribution in [0.25, 0.3) is 21.7 Å². The number of fused-ring (bicyclic) bond motifs is 12. The highest BCUT2D eigenvalue weighted by atomic mass is 33.1. The molecule has 9 aliphatic rings. The number of carbonyl (C=O) groups is 1. The van der Waals surface area contributed by atoms with Crippen LogP contribution in [0, 0.1) is 46.3 Å². The molecule has 4 aromatic rings. The van der Waals surface area contributed by atoms with Crippen LogP contribution in [-0.4, -0.2) is 145 Å². The number of furan rings is 1. The molecule has 4 saturated carbocycles. The number of ether oxygens (including phenoxy) is 4. The van der Waals surface area contributed by atoms with Crippen molar-refractivity contribution in [3.8, 4) is 11.5 Å². The fourth-order valence-electron chi connectivity index (χ4n) is 19.3. The molecule has 6 fully saturated rings. The maximum Gasteiger partial charge on any atom is 0.306 e. The zero-order valence-electron chi connectivity index (χ0n) is 51.5. The molecule has 0 amide bonds. The molecule has 13 rings (SSSR count). The van der Waals surface area contributed by atoms with Crippen molar-refractivity contribution in [1.29, 1.82) is 0 Å². The molecule has 3 aromatic carbocycles. The van der Waals surface area contributed by atoms with Gasteiger partial charge in [-0.15, -0.1) is 0 Å². The second kappa shape index (κ2) is 24.8. The van der Waals surface area contributed by atoms with Crippen molar-refractivity contribution in [1.82, 2.24) is 10.6 Å². The molecular formula is C71H94N2O13S2. The predicted molar refractivity (Wildman–Crippen MR) is 343 cm³/mol. The molecule has 4 spiro atoms. The summed E-state index contributed by atoms with van der Waals surface area (Å²) in [4.78, 5) is 13.2. The monoisotopic (exact) mass is 1250 g/mol. The Hall–Kier alpha value is -3.95. The molecule has 2 saturated heterocycles. The van der Waals surface area contributed by atoms with Gasteiger partial charge in [0, 0.05) is 64.7 Å². The first-order valence-electron chi connectivity index (χ1n) is 33.2. The predicted octanol–water partition coefficient (Wildman–Crippen LogP) is 9.99. The van der Waals surface area contributed by atoms with Crippen LogP contribution < -0.4 is 20.1 Å². The Morgan fingerprint density at radius 3 is 2.57 bits per heavy atom. The third kappa shape index (κ3) is 10.7. The third-order valence-electron chi connectivity index (χ3n) is 23.7. The van der Waals surface area contributed by atoms with E-state index in [-0.39, 0.29) is 90.8 Å². The summed E-state index contributed by atoms with van der Waals surface area (Å²) >= 11 is 0. The van der Waals surface area contributed by atoms with E-state index in [9.17, 15) is 40.5 Å². The summed E-state index contributed by atoms with van der Waals surface area (Å²) in [5.74, 6) is -1.98. The molecule has 15 nitrogen and oxygen atoms in total. The molecule has 1 aromatic heterocycles. The number of benzene rings is 3. The van der Waals surface area contributed by atoms with Gasteiger partial charge in [-0.2, -0.15) is 0 Å². The first-order chi connectivity index (χ1) is 42.5. The highest BCUT2D eigenvalue weighted by molar-refractivity contribution is 8.77. The lowest BCUT2D eigenvalue weighted by atomic mass is 9.50. The quantitative estimate of drug-likeness (QED) is 0.0386. The van der Waals surface area contributed by atoms with E-state index in [0.29, 0.717) is 54.7 Å². The van der Waals surface area contributed by atoms with E-state index in [1.165, 1.54) is 16.3 Å². The normalized spacial score (nSPS) is 41.6.